The van der Waals surface area contributed by atoms with E-state index in [1.54, 1.807) is 32.4 Å². The lowest BCUT2D eigenvalue weighted by Gasteiger charge is -2.40. The number of benzene rings is 3. The SMILES string of the molecule is COc1cc2[nH]c3c(c2cc1OC)CC1c2cc(OC)c(OS(=O)(=O)c4ccccc4)cc2CCN1C3. The van der Waals surface area contributed by atoms with Gasteiger partial charge in [-0.3, -0.25) is 4.90 Å². The zero-order valence-corrected chi connectivity index (χ0v) is 21.7. The van der Waals surface area contributed by atoms with E-state index in [1.807, 2.05) is 24.3 Å². The smallest absolute Gasteiger partial charge is 0.339 e. The number of nitrogens with one attached hydrogen (secondary N) is 1. The van der Waals surface area contributed by atoms with Crippen molar-refractivity contribution in [2.24, 2.45) is 0 Å². The van der Waals surface area contributed by atoms with Crippen molar-refractivity contribution in [3.05, 3.63) is 77.0 Å². The minimum Gasteiger partial charge on any atom is -0.493 e. The molecule has 6 rings (SSSR count). The van der Waals surface area contributed by atoms with Crippen molar-refractivity contribution in [2.75, 3.05) is 27.9 Å². The highest BCUT2D eigenvalue weighted by Gasteiger charge is 2.35. The fraction of sp³-hybridized carbons (Fsp3) is 0.286. The van der Waals surface area contributed by atoms with Gasteiger partial charge in [0.05, 0.1) is 21.3 Å². The van der Waals surface area contributed by atoms with E-state index in [0.29, 0.717) is 17.2 Å². The fourth-order valence-corrected chi connectivity index (χ4v) is 6.52. The van der Waals surface area contributed by atoms with Crippen molar-refractivity contribution in [1.82, 2.24) is 9.88 Å². The standard InChI is InChI=1S/C28H28N2O6S/c1-33-25-14-21-20-12-24-19-13-26(34-2)28(36-37(31,32)18-7-5-4-6-8-18)11-17(19)9-10-30(24)16-23(20)29-22(21)15-27(25)35-3/h4-8,11,13-15,24,29H,9-10,12,16H2,1-3H3. The molecule has 2 aliphatic rings. The number of nitrogens with zero attached hydrogens (tertiary/aromatic N) is 1. The molecule has 3 aromatic carbocycles. The summed E-state index contributed by atoms with van der Waals surface area (Å²) in [7, 11) is 0.832. The molecule has 1 aromatic heterocycles. The van der Waals surface area contributed by atoms with Gasteiger partial charge in [0.1, 0.15) is 4.90 Å². The second-order valence-electron chi connectivity index (χ2n) is 9.33. The molecule has 0 fully saturated rings. The highest BCUT2D eigenvalue weighted by molar-refractivity contribution is 7.87. The first kappa shape index (κ1) is 23.7. The number of hydrogen-bond donors (Lipinski definition) is 1. The van der Waals surface area contributed by atoms with Gasteiger partial charge in [0.2, 0.25) is 0 Å². The summed E-state index contributed by atoms with van der Waals surface area (Å²) in [5.74, 6) is 2.00. The van der Waals surface area contributed by atoms with Gasteiger partial charge in [-0.2, -0.15) is 8.42 Å². The molecule has 1 N–H and O–H groups in total. The van der Waals surface area contributed by atoms with E-state index in [0.717, 1.165) is 48.0 Å². The lowest BCUT2D eigenvalue weighted by molar-refractivity contribution is 0.159. The van der Waals surface area contributed by atoms with Gasteiger partial charge >= 0.3 is 10.1 Å². The van der Waals surface area contributed by atoms with Crippen LogP contribution in [0.5, 0.6) is 23.0 Å². The van der Waals surface area contributed by atoms with Gasteiger partial charge in [-0.15, -0.1) is 0 Å². The van der Waals surface area contributed by atoms with Gasteiger partial charge in [-0.25, -0.2) is 0 Å². The molecular weight excluding hydrogens is 492 g/mol. The van der Waals surface area contributed by atoms with Crippen molar-refractivity contribution in [1.29, 1.82) is 0 Å². The summed E-state index contributed by atoms with van der Waals surface area (Å²) in [6, 6.07) is 16.1. The summed E-state index contributed by atoms with van der Waals surface area (Å²) < 4.78 is 48.0. The number of rotatable bonds is 6. The third kappa shape index (κ3) is 3.98. The first-order chi connectivity index (χ1) is 17.9. The molecule has 0 amide bonds. The Hall–Kier alpha value is -3.69. The number of H-pyrrole nitrogens is 1. The first-order valence-corrected chi connectivity index (χ1v) is 13.5. The minimum atomic E-state index is -3.98. The Morgan fingerprint density at radius 2 is 1.59 bits per heavy atom. The molecule has 1 atom stereocenters. The average Bonchev–Trinajstić information content (AvgIpc) is 3.27. The highest BCUT2D eigenvalue weighted by atomic mass is 32.2. The number of hydrogen-bond acceptors (Lipinski definition) is 7. The Balaban J connectivity index is 1.38. The summed E-state index contributed by atoms with van der Waals surface area (Å²) in [5, 5.41) is 1.13. The molecule has 0 bridgehead atoms. The monoisotopic (exact) mass is 520 g/mol. The number of aromatic amines is 1. The third-order valence-corrected chi connectivity index (χ3v) is 8.63. The average molecular weight is 521 g/mol. The van der Waals surface area contributed by atoms with E-state index in [4.69, 9.17) is 18.4 Å². The molecule has 0 saturated carbocycles. The highest BCUT2D eigenvalue weighted by Crippen LogP contribution is 2.45. The molecule has 8 nitrogen and oxygen atoms in total. The Morgan fingerprint density at radius 1 is 0.892 bits per heavy atom. The quantitative estimate of drug-likeness (QED) is 0.371. The van der Waals surface area contributed by atoms with Crippen molar-refractivity contribution in [2.45, 2.75) is 30.3 Å². The van der Waals surface area contributed by atoms with Crippen LogP contribution in [0.1, 0.15) is 28.4 Å². The van der Waals surface area contributed by atoms with E-state index < -0.39 is 10.1 Å². The van der Waals surface area contributed by atoms with Crippen LogP contribution in [-0.4, -0.2) is 46.2 Å². The molecule has 0 spiro atoms. The molecule has 0 saturated heterocycles. The second-order valence-corrected chi connectivity index (χ2v) is 10.9. The summed E-state index contributed by atoms with van der Waals surface area (Å²) in [5.41, 5.74) is 5.69. The van der Waals surface area contributed by atoms with Crippen LogP contribution < -0.4 is 18.4 Å². The summed E-state index contributed by atoms with van der Waals surface area (Å²) in [6.45, 7) is 1.65. The van der Waals surface area contributed by atoms with E-state index >= 15 is 0 Å². The van der Waals surface area contributed by atoms with Crippen molar-refractivity contribution < 1.29 is 26.8 Å². The molecule has 0 aliphatic carbocycles. The summed E-state index contributed by atoms with van der Waals surface area (Å²) in [6.07, 6.45) is 1.60. The molecule has 37 heavy (non-hydrogen) atoms. The van der Waals surface area contributed by atoms with Crippen molar-refractivity contribution >= 4 is 21.0 Å². The van der Waals surface area contributed by atoms with Crippen molar-refractivity contribution in [3.8, 4) is 23.0 Å². The second kappa shape index (κ2) is 9.00. The third-order valence-electron chi connectivity index (χ3n) is 7.38. The van der Waals surface area contributed by atoms with Gasteiger partial charge in [-0.05, 0) is 59.9 Å². The van der Waals surface area contributed by atoms with Crippen LogP contribution in [0.15, 0.2) is 59.5 Å². The molecule has 1 unspecified atom stereocenters. The van der Waals surface area contributed by atoms with Crippen LogP contribution in [0.25, 0.3) is 10.9 Å². The van der Waals surface area contributed by atoms with Crippen molar-refractivity contribution in [3.63, 3.8) is 0 Å². The minimum absolute atomic E-state index is 0.104. The lowest BCUT2D eigenvalue weighted by atomic mass is 9.85. The van der Waals surface area contributed by atoms with E-state index in [2.05, 4.69) is 9.88 Å². The number of aromatic nitrogens is 1. The Kier molecular flexibility index (Phi) is 5.77. The van der Waals surface area contributed by atoms with E-state index in [1.165, 1.54) is 30.5 Å². The van der Waals surface area contributed by atoms with Gasteiger partial charge in [0.25, 0.3) is 0 Å². The summed E-state index contributed by atoms with van der Waals surface area (Å²) >= 11 is 0. The van der Waals surface area contributed by atoms with Gasteiger partial charge in [-0.1, -0.05) is 18.2 Å². The Morgan fingerprint density at radius 3 is 2.32 bits per heavy atom. The number of methoxy groups -OCH3 is 3. The zero-order valence-electron chi connectivity index (χ0n) is 20.9. The maximum absolute atomic E-state index is 12.9. The number of fused-ring (bicyclic) bond motifs is 6. The topological polar surface area (TPSA) is 90.1 Å². The molecule has 2 aliphatic heterocycles. The molecule has 9 heteroatoms. The zero-order chi connectivity index (χ0) is 25.7. The Labute approximate surface area is 215 Å². The number of ether oxygens (including phenoxy) is 3. The first-order valence-electron chi connectivity index (χ1n) is 12.1. The predicted molar refractivity (Wildman–Crippen MR) is 139 cm³/mol. The maximum atomic E-state index is 12.9. The maximum Gasteiger partial charge on any atom is 0.339 e. The van der Waals surface area contributed by atoms with Gasteiger partial charge in [0.15, 0.2) is 23.0 Å². The van der Waals surface area contributed by atoms with Crippen LogP contribution in [-0.2, 0) is 29.5 Å². The lowest BCUT2D eigenvalue weighted by Crippen LogP contribution is -2.39. The molecule has 0 radical (unpaired) electrons. The van der Waals surface area contributed by atoms with Crippen LogP contribution in [0.4, 0.5) is 0 Å². The fourth-order valence-electron chi connectivity index (χ4n) is 5.56. The van der Waals surface area contributed by atoms with Gasteiger partial charge < -0.3 is 23.4 Å². The van der Waals surface area contributed by atoms with E-state index in [-0.39, 0.29) is 16.7 Å². The summed E-state index contributed by atoms with van der Waals surface area (Å²) in [4.78, 5) is 6.14. The normalized spacial score (nSPS) is 17.0. The van der Waals surface area contributed by atoms with Crippen LogP contribution >= 0.6 is 0 Å². The predicted octanol–water partition coefficient (Wildman–Crippen LogP) is 4.62. The van der Waals surface area contributed by atoms with Crippen LogP contribution in [0.2, 0.25) is 0 Å². The van der Waals surface area contributed by atoms with Crippen LogP contribution in [0, 0.1) is 0 Å². The Bertz CT molecular complexity index is 1600. The molecule has 3 heterocycles. The molecule has 192 valence electrons. The van der Waals surface area contributed by atoms with E-state index in [9.17, 15) is 8.42 Å². The largest absolute Gasteiger partial charge is 0.493 e. The van der Waals surface area contributed by atoms with Gasteiger partial charge in [0, 0.05) is 41.8 Å². The molecule has 4 aromatic rings. The van der Waals surface area contributed by atoms with Crippen LogP contribution in [0.3, 0.4) is 0 Å². The molecular formula is C28H28N2O6S.